The highest BCUT2D eigenvalue weighted by molar-refractivity contribution is 6.06. The van der Waals surface area contributed by atoms with Gasteiger partial charge in [0.25, 0.3) is 11.8 Å². The van der Waals surface area contributed by atoms with Gasteiger partial charge in [-0.2, -0.15) is 0 Å². The Balaban J connectivity index is 1.08. The van der Waals surface area contributed by atoms with Gasteiger partial charge in [0.15, 0.2) is 0 Å². The molecule has 1 unspecified atom stereocenters. The lowest BCUT2D eigenvalue weighted by Gasteiger charge is -2.41. The Kier molecular flexibility index (Phi) is 9.59. The zero-order chi connectivity index (χ0) is 40.1. The summed E-state index contributed by atoms with van der Waals surface area (Å²) in [6.45, 7) is 2.33. The molecule has 3 aliphatic heterocycles. The molecule has 3 aliphatic rings. The summed E-state index contributed by atoms with van der Waals surface area (Å²) >= 11 is 0. The third-order valence-corrected chi connectivity index (χ3v) is 11.5. The molecular formula is C44H44F2N8O4. The Bertz CT molecular complexity index is 2530. The Hall–Kier alpha value is -6.28. The Morgan fingerprint density at radius 2 is 1.72 bits per heavy atom. The van der Waals surface area contributed by atoms with E-state index in [2.05, 4.69) is 20.1 Å². The van der Waals surface area contributed by atoms with E-state index >= 15 is 0 Å². The van der Waals surface area contributed by atoms with Crippen LogP contribution in [0, 0.1) is 0 Å². The number of amides is 1. The number of carbonyl (C=O) groups excluding carboxylic acids is 1. The standard InChI is InChI=1S/C44H44F2N8O4/c1-51-17-14-33-32(13-16-47-42(33)51)41-34-25-53(23-28-7-10-31(57-3)19-38(28)58-4)43(55)40(34)35(21-48-41)49-39-12-11-37-36(50-39)26-52(22-27-5-8-30(56-2)9-6-27)24-29-20-44(45,46)15-18-54(29)37/h5-14,16-17,19,21,29H,15,18,20,22-26H2,1-4H3,(H,49,50). The zero-order valence-corrected chi connectivity index (χ0v) is 32.8. The van der Waals surface area contributed by atoms with Gasteiger partial charge in [-0.05, 0) is 54.1 Å². The topological polar surface area (TPSA) is 110 Å². The normalized spacial score (nSPS) is 17.4. The van der Waals surface area contributed by atoms with E-state index in [-0.39, 0.29) is 31.3 Å². The van der Waals surface area contributed by atoms with Crippen molar-refractivity contribution in [3.63, 3.8) is 0 Å². The van der Waals surface area contributed by atoms with Crippen LogP contribution in [0.5, 0.6) is 17.2 Å². The van der Waals surface area contributed by atoms with E-state index in [1.54, 1.807) is 38.6 Å². The van der Waals surface area contributed by atoms with Crippen LogP contribution in [0.25, 0.3) is 22.3 Å². The molecule has 1 N–H and O–H groups in total. The second-order valence-corrected chi connectivity index (χ2v) is 15.2. The van der Waals surface area contributed by atoms with Crippen LogP contribution < -0.4 is 24.4 Å². The van der Waals surface area contributed by atoms with Crippen LogP contribution in [0.3, 0.4) is 0 Å². The molecule has 4 aromatic heterocycles. The van der Waals surface area contributed by atoms with E-state index in [4.69, 9.17) is 24.2 Å². The van der Waals surface area contributed by atoms with Gasteiger partial charge in [-0.3, -0.25) is 14.7 Å². The average molecular weight is 787 g/mol. The number of ether oxygens (including phenoxy) is 3. The van der Waals surface area contributed by atoms with Crippen molar-refractivity contribution in [3.8, 4) is 28.5 Å². The number of pyridine rings is 3. The molecular weight excluding hydrogens is 743 g/mol. The van der Waals surface area contributed by atoms with Crippen molar-refractivity contribution in [2.75, 3.05) is 44.6 Å². The maximum Gasteiger partial charge on any atom is 0.257 e. The monoisotopic (exact) mass is 786 g/mol. The minimum absolute atomic E-state index is 0.158. The average Bonchev–Trinajstić information content (AvgIpc) is 3.72. The van der Waals surface area contributed by atoms with E-state index < -0.39 is 5.92 Å². The van der Waals surface area contributed by atoms with Crippen LogP contribution in [0.15, 0.2) is 85.3 Å². The number of methoxy groups -OCH3 is 3. The van der Waals surface area contributed by atoms with Gasteiger partial charge in [0.05, 0.1) is 55.9 Å². The molecule has 0 bridgehead atoms. The highest BCUT2D eigenvalue weighted by Gasteiger charge is 2.43. The van der Waals surface area contributed by atoms with Crippen molar-refractivity contribution in [1.29, 1.82) is 0 Å². The number of alkyl halides is 2. The zero-order valence-electron chi connectivity index (χ0n) is 32.8. The van der Waals surface area contributed by atoms with Gasteiger partial charge >= 0.3 is 0 Å². The first-order valence-electron chi connectivity index (χ1n) is 19.3. The quantitative estimate of drug-likeness (QED) is 0.149. The molecule has 2 aromatic carbocycles. The molecule has 14 heteroatoms. The molecule has 9 rings (SSSR count). The fraction of sp³-hybridized carbons (Fsp3) is 0.318. The molecule has 1 amide bonds. The summed E-state index contributed by atoms with van der Waals surface area (Å²) in [6.07, 6.45) is 5.00. The lowest BCUT2D eigenvalue weighted by atomic mass is 9.97. The summed E-state index contributed by atoms with van der Waals surface area (Å²) in [5, 5.41) is 4.39. The molecule has 6 aromatic rings. The number of rotatable bonds is 10. The number of carbonyl (C=O) groups is 1. The maximum absolute atomic E-state index is 14.9. The smallest absolute Gasteiger partial charge is 0.257 e. The van der Waals surface area contributed by atoms with Crippen LogP contribution in [0.2, 0.25) is 0 Å². The number of aryl methyl sites for hydroxylation is 1. The van der Waals surface area contributed by atoms with E-state index in [1.807, 2.05) is 84.5 Å². The molecule has 0 saturated carbocycles. The van der Waals surface area contributed by atoms with Gasteiger partial charge in [-0.15, -0.1) is 0 Å². The minimum atomic E-state index is -2.73. The van der Waals surface area contributed by atoms with Gasteiger partial charge < -0.3 is 33.9 Å². The predicted octanol–water partition coefficient (Wildman–Crippen LogP) is 7.58. The van der Waals surface area contributed by atoms with E-state index in [1.165, 1.54) is 0 Å². The molecule has 0 spiro atoms. The number of nitrogens with one attached hydrogen (secondary N) is 1. The third kappa shape index (κ3) is 6.91. The maximum atomic E-state index is 14.9. The van der Waals surface area contributed by atoms with Crippen molar-refractivity contribution < 1.29 is 27.8 Å². The van der Waals surface area contributed by atoms with Crippen molar-refractivity contribution in [1.82, 2.24) is 29.3 Å². The second kappa shape index (κ2) is 14.9. The fourth-order valence-corrected chi connectivity index (χ4v) is 8.65. The molecule has 7 heterocycles. The van der Waals surface area contributed by atoms with Crippen LogP contribution in [0.1, 0.15) is 45.6 Å². The predicted molar refractivity (Wildman–Crippen MR) is 217 cm³/mol. The summed E-state index contributed by atoms with van der Waals surface area (Å²) in [5.41, 5.74) is 7.73. The molecule has 0 radical (unpaired) electrons. The van der Waals surface area contributed by atoms with E-state index in [0.717, 1.165) is 50.4 Å². The molecule has 1 atom stereocenters. The summed E-state index contributed by atoms with van der Waals surface area (Å²) in [7, 11) is 6.78. The largest absolute Gasteiger partial charge is 0.497 e. The van der Waals surface area contributed by atoms with Gasteiger partial charge in [-0.25, -0.2) is 18.7 Å². The highest BCUT2D eigenvalue weighted by Crippen LogP contribution is 2.42. The summed E-state index contributed by atoms with van der Waals surface area (Å²) in [5.74, 6) is -0.327. The van der Waals surface area contributed by atoms with Gasteiger partial charge in [-0.1, -0.05) is 12.1 Å². The fourth-order valence-electron chi connectivity index (χ4n) is 8.65. The molecule has 298 valence electrons. The van der Waals surface area contributed by atoms with Crippen molar-refractivity contribution in [2.45, 2.75) is 51.0 Å². The number of halogens is 2. The summed E-state index contributed by atoms with van der Waals surface area (Å²) < 4.78 is 48.1. The van der Waals surface area contributed by atoms with Crippen LogP contribution in [-0.4, -0.2) is 81.6 Å². The molecule has 1 fully saturated rings. The van der Waals surface area contributed by atoms with Crippen LogP contribution in [-0.2, 0) is 33.2 Å². The first kappa shape index (κ1) is 37.3. The van der Waals surface area contributed by atoms with Crippen LogP contribution in [0.4, 0.5) is 26.0 Å². The lowest BCUT2D eigenvalue weighted by molar-refractivity contribution is -0.0367. The SMILES string of the molecule is COc1ccc(CN2Cc3nc(Nc4cnc(-c5ccnc6c5ccn6C)c5c4C(=O)N(Cc4ccc(OC)cc4OC)C5)ccc3N3CCC(F)(F)CC3C2)cc1. The molecule has 58 heavy (non-hydrogen) atoms. The molecule has 12 nitrogen and oxygen atoms in total. The Labute approximate surface area is 335 Å². The number of hydrogen-bond donors (Lipinski definition) is 1. The van der Waals surface area contributed by atoms with Crippen molar-refractivity contribution >= 4 is 34.1 Å². The Morgan fingerprint density at radius 3 is 2.52 bits per heavy atom. The van der Waals surface area contributed by atoms with E-state index in [9.17, 15) is 13.6 Å². The summed E-state index contributed by atoms with van der Waals surface area (Å²) in [6, 6.07) is 20.8. The number of nitrogens with zero attached hydrogens (tertiary/aromatic N) is 7. The minimum Gasteiger partial charge on any atom is -0.497 e. The van der Waals surface area contributed by atoms with Crippen LogP contribution >= 0.6 is 0 Å². The van der Waals surface area contributed by atoms with Crippen molar-refractivity contribution in [2.24, 2.45) is 7.05 Å². The second-order valence-electron chi connectivity index (χ2n) is 15.2. The van der Waals surface area contributed by atoms with E-state index in [0.29, 0.717) is 67.0 Å². The summed E-state index contributed by atoms with van der Waals surface area (Å²) in [4.78, 5) is 35.4. The van der Waals surface area contributed by atoms with Gasteiger partial charge in [0.2, 0.25) is 0 Å². The number of fused-ring (bicyclic) bond motifs is 5. The number of hydrogen-bond acceptors (Lipinski definition) is 10. The number of benzene rings is 2. The lowest BCUT2D eigenvalue weighted by Crippen LogP contribution is -2.50. The number of anilines is 3. The van der Waals surface area contributed by atoms with Gasteiger partial charge in [0.1, 0.15) is 28.7 Å². The first-order chi connectivity index (χ1) is 28.1. The Morgan fingerprint density at radius 1 is 0.914 bits per heavy atom. The molecule has 1 saturated heterocycles. The number of aromatic nitrogens is 4. The number of piperidine rings is 1. The van der Waals surface area contributed by atoms with Gasteiger partial charge in [0, 0.05) is 106 Å². The molecule has 0 aliphatic carbocycles. The highest BCUT2D eigenvalue weighted by atomic mass is 19.3. The third-order valence-electron chi connectivity index (χ3n) is 11.5. The van der Waals surface area contributed by atoms with Crippen molar-refractivity contribution in [3.05, 3.63) is 113 Å². The first-order valence-corrected chi connectivity index (χ1v) is 19.3.